The Kier molecular flexibility index (Phi) is 38.0. The third kappa shape index (κ3) is 35.5. The number of nitrogens with two attached hydrogens (primary N) is 8. The van der Waals surface area contributed by atoms with Gasteiger partial charge in [-0.1, -0.05) is 41.0 Å². The van der Waals surface area contributed by atoms with Crippen LogP contribution in [0.2, 0.25) is 0 Å². The van der Waals surface area contributed by atoms with Crippen molar-refractivity contribution in [2.45, 2.75) is 381 Å². The fourth-order valence-corrected chi connectivity index (χ4v) is 16.5. The summed E-state index contributed by atoms with van der Waals surface area (Å²) in [6.07, 6.45) is 5.00. The van der Waals surface area contributed by atoms with Gasteiger partial charge in [0.2, 0.25) is 0 Å². The number of likely N-dealkylation sites (tertiary alicyclic amines) is 7. The van der Waals surface area contributed by atoms with Crippen molar-refractivity contribution in [2.75, 3.05) is 91.6 Å². The van der Waals surface area contributed by atoms with Crippen LogP contribution in [0.3, 0.4) is 0 Å². The second-order valence-corrected chi connectivity index (χ2v) is 43.0. The molecular formula is C83H171F6N15O3. The largest absolute Gasteiger partial charge is 0.395 e. The zero-order valence-electron chi connectivity index (χ0n) is 73.0. The first kappa shape index (κ1) is 100. The second kappa shape index (κ2) is 40.6. The SMILES string of the molecule is CC(C)(C)C1CCCC(N)C1.CC(C)(C)N1CC(N)C(O)C(C(F)(F)F)C1.CC(C)(C)N1CC(N)C(O)C(C2CC2)C1.CC(C)(C)N1CC(N)CC(C(F)(F)F)C1.CC(C)(C)N1CC(N)CC(C2CC2)C1.CC(C)(C)N1CCCC(N)C1.CC1CC(N)CN(C(C)(C)C)C1.CC1CN(C(C)(C)C)CC(N)C1O. The molecule has 0 bridgehead atoms. The van der Waals surface area contributed by atoms with Gasteiger partial charge in [0.15, 0.2) is 0 Å². The zero-order valence-corrected chi connectivity index (χ0v) is 73.0. The first-order valence-corrected chi connectivity index (χ1v) is 41.7. The van der Waals surface area contributed by atoms with E-state index in [1.165, 1.54) is 96.7 Å². The summed E-state index contributed by atoms with van der Waals surface area (Å²) < 4.78 is 75.8. The molecule has 18 nitrogen and oxygen atoms in total. The molecule has 638 valence electrons. The molecule has 107 heavy (non-hydrogen) atoms. The van der Waals surface area contributed by atoms with Gasteiger partial charge < -0.3 is 61.2 Å². The third-order valence-electron chi connectivity index (χ3n) is 24.5. The second-order valence-electron chi connectivity index (χ2n) is 43.0. The molecule has 0 spiro atoms. The fraction of sp³-hybridized carbons (Fsp3) is 1.00. The predicted molar refractivity (Wildman–Crippen MR) is 435 cm³/mol. The molecule has 24 heteroatoms. The molecule has 0 aromatic heterocycles. The quantitative estimate of drug-likeness (QED) is 0.115. The highest BCUT2D eigenvalue weighted by molar-refractivity contribution is 5.01. The number of piperidine rings is 7. The normalized spacial score (nSPS) is 34.5. The Morgan fingerprint density at radius 1 is 0.290 bits per heavy atom. The maximum absolute atomic E-state index is 12.7. The number of nitrogens with zero attached hydrogens (tertiary/aromatic N) is 7. The number of halogens is 6. The maximum Gasteiger partial charge on any atom is 0.395 e. The van der Waals surface area contributed by atoms with E-state index < -0.39 is 36.3 Å². The summed E-state index contributed by atoms with van der Waals surface area (Å²) in [7, 11) is 0. The molecule has 18 atom stereocenters. The predicted octanol–water partition coefficient (Wildman–Crippen LogP) is 11.3. The first-order chi connectivity index (χ1) is 48.2. The van der Waals surface area contributed by atoms with Gasteiger partial charge in [0, 0.05) is 178 Å². The Morgan fingerprint density at radius 2 is 0.654 bits per heavy atom. The van der Waals surface area contributed by atoms with Crippen molar-refractivity contribution in [2.24, 2.45) is 105 Å². The number of aliphatic hydroxyl groups excluding tert-OH is 3. The van der Waals surface area contributed by atoms with Crippen molar-refractivity contribution < 1.29 is 41.7 Å². The van der Waals surface area contributed by atoms with Crippen LogP contribution in [0.5, 0.6) is 0 Å². The average molecular weight is 1540 g/mol. The van der Waals surface area contributed by atoms with Gasteiger partial charge in [0.25, 0.3) is 0 Å². The van der Waals surface area contributed by atoms with E-state index in [1.54, 1.807) is 4.90 Å². The van der Waals surface area contributed by atoms with Crippen molar-refractivity contribution >= 4 is 0 Å². The van der Waals surface area contributed by atoms with E-state index in [1.807, 2.05) is 46.4 Å². The smallest absolute Gasteiger partial charge is 0.391 e. The Labute approximate surface area is 650 Å². The van der Waals surface area contributed by atoms with Crippen molar-refractivity contribution in [3.05, 3.63) is 0 Å². The maximum atomic E-state index is 12.7. The molecule has 0 aromatic carbocycles. The van der Waals surface area contributed by atoms with Crippen LogP contribution in [0.4, 0.5) is 26.3 Å². The molecule has 3 aliphatic carbocycles. The Bertz CT molecular complexity index is 2400. The van der Waals surface area contributed by atoms with Crippen LogP contribution in [0.1, 0.15) is 263 Å². The van der Waals surface area contributed by atoms with E-state index in [4.69, 9.17) is 45.9 Å². The number of aliphatic hydroxyl groups is 3. The van der Waals surface area contributed by atoms with Crippen molar-refractivity contribution in [1.82, 2.24) is 34.3 Å². The molecule has 7 heterocycles. The van der Waals surface area contributed by atoms with E-state index >= 15 is 0 Å². The molecule has 3 saturated carbocycles. The summed E-state index contributed by atoms with van der Waals surface area (Å²) in [4.78, 5) is 15.8. The van der Waals surface area contributed by atoms with Gasteiger partial charge in [0.1, 0.15) is 0 Å². The van der Waals surface area contributed by atoms with Crippen LogP contribution in [0.15, 0.2) is 0 Å². The Hall–Kier alpha value is -1.14. The highest BCUT2D eigenvalue weighted by Gasteiger charge is 2.52. The fourth-order valence-electron chi connectivity index (χ4n) is 16.5. The lowest BCUT2D eigenvalue weighted by Gasteiger charge is -2.46. The van der Waals surface area contributed by atoms with Crippen molar-refractivity contribution in [3.63, 3.8) is 0 Å². The molecule has 0 amide bonds. The molecule has 0 aromatic rings. The zero-order chi connectivity index (χ0) is 82.7. The van der Waals surface area contributed by atoms with Crippen LogP contribution in [-0.4, -0.2) is 259 Å². The highest BCUT2D eigenvalue weighted by Crippen LogP contribution is 2.44. The van der Waals surface area contributed by atoms with Crippen LogP contribution < -0.4 is 45.9 Å². The summed E-state index contributed by atoms with van der Waals surface area (Å²) in [5, 5.41) is 29.2. The van der Waals surface area contributed by atoms with E-state index in [2.05, 4.69) is 163 Å². The van der Waals surface area contributed by atoms with Crippen LogP contribution >= 0.6 is 0 Å². The molecule has 10 fully saturated rings. The molecule has 10 rings (SSSR count). The molecule has 7 aliphatic heterocycles. The van der Waals surface area contributed by atoms with Crippen LogP contribution in [0, 0.1) is 58.7 Å². The third-order valence-corrected chi connectivity index (χ3v) is 24.5. The lowest BCUT2D eigenvalue weighted by molar-refractivity contribution is -0.220. The molecule has 18 unspecified atom stereocenters. The van der Waals surface area contributed by atoms with Gasteiger partial charge in [0.05, 0.1) is 30.1 Å². The molecule has 0 radical (unpaired) electrons. The van der Waals surface area contributed by atoms with Crippen molar-refractivity contribution in [1.29, 1.82) is 0 Å². The average Bonchev–Trinajstić information content (AvgIpc) is 1.80. The van der Waals surface area contributed by atoms with Gasteiger partial charge in [-0.15, -0.1) is 0 Å². The number of rotatable bonds is 2. The van der Waals surface area contributed by atoms with Gasteiger partial charge in [-0.05, 0) is 270 Å². The van der Waals surface area contributed by atoms with Crippen LogP contribution in [0.25, 0.3) is 0 Å². The molecule has 19 N–H and O–H groups in total. The van der Waals surface area contributed by atoms with Gasteiger partial charge in [-0.25, -0.2) is 0 Å². The first-order valence-electron chi connectivity index (χ1n) is 41.7. The summed E-state index contributed by atoms with van der Waals surface area (Å²) in [6.45, 7) is 67.5. The molecular weight excluding hydrogens is 1370 g/mol. The minimum absolute atomic E-state index is 0.0517. The van der Waals surface area contributed by atoms with Gasteiger partial charge in [-0.2, -0.15) is 26.3 Å². The van der Waals surface area contributed by atoms with E-state index in [0.29, 0.717) is 53.1 Å². The highest BCUT2D eigenvalue weighted by atomic mass is 19.4. The number of hydrogen-bond acceptors (Lipinski definition) is 18. The number of alkyl halides is 6. The molecule has 10 aliphatic rings. The van der Waals surface area contributed by atoms with E-state index in [0.717, 1.165) is 75.4 Å². The van der Waals surface area contributed by atoms with E-state index in [-0.39, 0.29) is 90.0 Å². The summed E-state index contributed by atoms with van der Waals surface area (Å²) >= 11 is 0. The van der Waals surface area contributed by atoms with Crippen LogP contribution in [-0.2, 0) is 0 Å². The topological polar surface area (TPSA) is 292 Å². The Morgan fingerprint density at radius 3 is 1.03 bits per heavy atom. The Balaban J connectivity index is 0.000000318. The van der Waals surface area contributed by atoms with Gasteiger partial charge >= 0.3 is 12.4 Å². The standard InChI is InChI=1S/C12H24N2O.C12H24N2.C10H19F3N2O.C10H19F3N2.C10H22N2O.C10H22N2.C10H21N.C9H20N2/c1-12(2,3)14-6-9(8-4-5-8)11(15)10(13)7-14;1-12(2,3)14-7-10(9-4-5-9)6-11(13)8-14;1-9(2,3)15-4-6(10(11,12)13)8(16)7(14)5-15;1-9(2,3)15-5-7(10(11,12)13)4-8(14)6-15;1-7-5-12(10(2,3)4)6-8(11)9(7)13;1-8-5-9(11)7-12(6-8)10(2,3)4;1-10(2,3)8-5-4-6-9(11)7-8;1-9(2,3)11-6-4-5-8(10)7-11/h8-11,15H,4-7,13H2,1-3H3;9-11H,4-8,13H2,1-3H3;6-8,16H,4-5,14H2,1-3H3;7-8H,4-6,14H2,1-3H3;7-9,13H,5-6,11H2,1-4H3;8-9H,5-7,11H2,1-4H3;8-9H,4-7,11H2,1-3H3;8H,4-7,10H2,1-3H3. The summed E-state index contributed by atoms with van der Waals surface area (Å²) in [5.41, 5.74) is 48.1. The monoisotopic (exact) mass is 1540 g/mol. The van der Waals surface area contributed by atoms with Crippen molar-refractivity contribution in [3.8, 4) is 0 Å². The summed E-state index contributed by atoms with van der Waals surface area (Å²) in [5.74, 6) is 1.89. The lowest BCUT2D eigenvalue weighted by Crippen LogP contribution is -2.63. The minimum atomic E-state index is -4.40. The van der Waals surface area contributed by atoms with Gasteiger partial charge in [-0.3, -0.25) is 34.3 Å². The number of hydrogen-bond donors (Lipinski definition) is 11. The minimum Gasteiger partial charge on any atom is -0.391 e. The molecule has 7 saturated heterocycles. The van der Waals surface area contributed by atoms with E-state index in [9.17, 15) is 41.7 Å². The lowest BCUT2D eigenvalue weighted by atomic mass is 9.71. The summed E-state index contributed by atoms with van der Waals surface area (Å²) in [6, 6.07) is 0.299.